The minimum absolute atomic E-state index is 0. The SMILES string of the molecule is CCCCc1cc(O)ccc1C(=O)O.[H-].[Na+]. The first-order valence-corrected chi connectivity index (χ1v) is 4.70. The summed E-state index contributed by atoms with van der Waals surface area (Å²) >= 11 is 0. The number of aryl methyl sites for hydroxylation is 1. The third-order valence-electron chi connectivity index (χ3n) is 2.12. The van der Waals surface area contributed by atoms with Crippen molar-refractivity contribution in [2.45, 2.75) is 26.2 Å². The van der Waals surface area contributed by atoms with Crippen LogP contribution in [0.2, 0.25) is 0 Å². The van der Waals surface area contributed by atoms with E-state index >= 15 is 0 Å². The van der Waals surface area contributed by atoms with Crippen molar-refractivity contribution in [2.75, 3.05) is 0 Å². The second kappa shape index (κ2) is 6.88. The first-order chi connectivity index (χ1) is 6.65. The molecule has 78 valence electrons. The van der Waals surface area contributed by atoms with Gasteiger partial charge >= 0.3 is 35.5 Å². The maximum absolute atomic E-state index is 10.8. The van der Waals surface area contributed by atoms with E-state index in [4.69, 9.17) is 5.11 Å². The summed E-state index contributed by atoms with van der Waals surface area (Å²) < 4.78 is 0. The molecular weight excluding hydrogens is 203 g/mol. The standard InChI is InChI=1S/C11H14O3.Na.H/c1-2-3-4-8-7-9(12)5-6-10(8)11(13)14;;/h5-7,12H,2-4H2,1H3,(H,13,14);;/q;+1;-1. The largest absolute Gasteiger partial charge is 1.00 e. The van der Waals surface area contributed by atoms with Crippen molar-refractivity contribution in [1.82, 2.24) is 0 Å². The molecule has 0 atom stereocenters. The number of benzene rings is 1. The van der Waals surface area contributed by atoms with Gasteiger partial charge in [0.05, 0.1) is 5.56 Å². The molecule has 0 heterocycles. The van der Waals surface area contributed by atoms with Crippen molar-refractivity contribution in [3.05, 3.63) is 29.3 Å². The number of carbonyl (C=O) groups is 1. The number of carboxylic acid groups (broad SMARTS) is 1. The third-order valence-corrected chi connectivity index (χ3v) is 2.12. The minimum atomic E-state index is -0.934. The molecule has 1 rings (SSSR count). The normalized spacial score (nSPS) is 9.40. The van der Waals surface area contributed by atoms with E-state index in [0.717, 1.165) is 12.8 Å². The maximum Gasteiger partial charge on any atom is 1.00 e. The molecular formula is C11H15NaO3. The number of rotatable bonds is 4. The first kappa shape index (κ1) is 14.5. The number of phenolic OH excluding ortho intramolecular Hbond substituents is 1. The molecule has 0 bridgehead atoms. The van der Waals surface area contributed by atoms with Crippen molar-refractivity contribution >= 4 is 5.97 Å². The van der Waals surface area contributed by atoms with Crippen LogP contribution in [0.1, 0.15) is 37.1 Å². The van der Waals surface area contributed by atoms with Crippen LogP contribution in [-0.2, 0) is 6.42 Å². The molecule has 0 spiro atoms. The van der Waals surface area contributed by atoms with E-state index in [1.165, 1.54) is 18.2 Å². The predicted octanol–water partition coefficient (Wildman–Crippen LogP) is -0.450. The van der Waals surface area contributed by atoms with Crippen molar-refractivity contribution < 1.29 is 46.0 Å². The molecule has 15 heavy (non-hydrogen) atoms. The van der Waals surface area contributed by atoms with Crippen LogP contribution in [0.15, 0.2) is 18.2 Å². The van der Waals surface area contributed by atoms with Gasteiger partial charge in [-0.15, -0.1) is 0 Å². The molecule has 1 aromatic carbocycles. The van der Waals surface area contributed by atoms with Crippen molar-refractivity contribution in [3.63, 3.8) is 0 Å². The van der Waals surface area contributed by atoms with Gasteiger partial charge in [-0.05, 0) is 36.6 Å². The average Bonchev–Trinajstić information content (AvgIpc) is 2.14. The average molecular weight is 218 g/mol. The van der Waals surface area contributed by atoms with E-state index in [1.807, 2.05) is 6.92 Å². The number of phenols is 1. The van der Waals surface area contributed by atoms with Gasteiger partial charge in [0.1, 0.15) is 5.75 Å². The van der Waals surface area contributed by atoms with Crippen LogP contribution in [0.25, 0.3) is 0 Å². The Bertz CT molecular complexity index is 342. The molecule has 0 unspecified atom stereocenters. The maximum atomic E-state index is 10.8. The molecule has 0 radical (unpaired) electrons. The van der Waals surface area contributed by atoms with Crippen molar-refractivity contribution in [1.29, 1.82) is 0 Å². The Morgan fingerprint density at radius 3 is 2.67 bits per heavy atom. The summed E-state index contributed by atoms with van der Waals surface area (Å²) in [5, 5.41) is 18.1. The predicted molar refractivity (Wildman–Crippen MR) is 54.8 cm³/mol. The van der Waals surface area contributed by atoms with Crippen LogP contribution in [0.5, 0.6) is 5.75 Å². The quantitative estimate of drug-likeness (QED) is 0.673. The van der Waals surface area contributed by atoms with E-state index in [1.54, 1.807) is 0 Å². The van der Waals surface area contributed by atoms with Crippen LogP contribution >= 0.6 is 0 Å². The molecule has 4 heteroatoms. The molecule has 1 aromatic rings. The zero-order chi connectivity index (χ0) is 10.6. The van der Waals surface area contributed by atoms with Gasteiger partial charge in [0.25, 0.3) is 0 Å². The van der Waals surface area contributed by atoms with Crippen LogP contribution in [0.4, 0.5) is 0 Å². The molecule has 0 aliphatic carbocycles. The first-order valence-electron chi connectivity index (χ1n) is 4.70. The molecule has 0 aliphatic heterocycles. The van der Waals surface area contributed by atoms with Gasteiger partial charge in [0.2, 0.25) is 0 Å². The van der Waals surface area contributed by atoms with Gasteiger partial charge in [0.15, 0.2) is 0 Å². The molecule has 3 nitrogen and oxygen atoms in total. The summed E-state index contributed by atoms with van der Waals surface area (Å²) in [6.45, 7) is 2.04. The fraction of sp³-hybridized carbons (Fsp3) is 0.364. The molecule has 2 N–H and O–H groups in total. The zero-order valence-electron chi connectivity index (χ0n) is 10.2. The topological polar surface area (TPSA) is 57.5 Å². The second-order valence-electron chi connectivity index (χ2n) is 3.25. The fourth-order valence-corrected chi connectivity index (χ4v) is 1.36. The fourth-order valence-electron chi connectivity index (χ4n) is 1.36. The van der Waals surface area contributed by atoms with Gasteiger partial charge in [-0.1, -0.05) is 13.3 Å². The van der Waals surface area contributed by atoms with Gasteiger partial charge < -0.3 is 11.6 Å². The van der Waals surface area contributed by atoms with Crippen LogP contribution in [0.3, 0.4) is 0 Å². The van der Waals surface area contributed by atoms with E-state index in [2.05, 4.69) is 0 Å². The molecule has 0 aliphatic rings. The minimum Gasteiger partial charge on any atom is -1.00 e. The number of carboxylic acids is 1. The molecule has 0 fully saturated rings. The number of hydrogen-bond donors (Lipinski definition) is 2. The molecule has 0 aromatic heterocycles. The Balaban J connectivity index is 0. The van der Waals surface area contributed by atoms with Crippen LogP contribution in [-0.4, -0.2) is 16.2 Å². The second-order valence-corrected chi connectivity index (χ2v) is 3.25. The number of aromatic carboxylic acids is 1. The summed E-state index contributed by atoms with van der Waals surface area (Å²) in [5.41, 5.74) is 0.996. The van der Waals surface area contributed by atoms with E-state index in [-0.39, 0.29) is 42.3 Å². The molecule has 0 amide bonds. The monoisotopic (exact) mass is 218 g/mol. The summed E-state index contributed by atoms with van der Waals surface area (Å²) in [5.74, 6) is -0.808. The summed E-state index contributed by atoms with van der Waals surface area (Å²) in [6.07, 6.45) is 2.64. The molecule has 0 saturated carbocycles. The number of unbranched alkanes of at least 4 members (excludes halogenated alkanes) is 1. The smallest absolute Gasteiger partial charge is 1.00 e. The van der Waals surface area contributed by atoms with Gasteiger partial charge in [-0.3, -0.25) is 0 Å². The van der Waals surface area contributed by atoms with Gasteiger partial charge in [0, 0.05) is 0 Å². The Morgan fingerprint density at radius 2 is 2.13 bits per heavy atom. The van der Waals surface area contributed by atoms with E-state index < -0.39 is 5.97 Å². The number of aromatic hydroxyl groups is 1. The Kier molecular flexibility index (Phi) is 6.65. The summed E-state index contributed by atoms with van der Waals surface area (Å²) in [4.78, 5) is 10.8. The Morgan fingerprint density at radius 1 is 1.47 bits per heavy atom. The number of hydrogen-bond acceptors (Lipinski definition) is 2. The zero-order valence-corrected chi connectivity index (χ0v) is 11.2. The Labute approximate surface area is 113 Å². The van der Waals surface area contributed by atoms with Crippen molar-refractivity contribution in [2.24, 2.45) is 0 Å². The van der Waals surface area contributed by atoms with Crippen LogP contribution < -0.4 is 29.6 Å². The summed E-state index contributed by atoms with van der Waals surface area (Å²) in [6, 6.07) is 4.38. The van der Waals surface area contributed by atoms with Crippen LogP contribution in [0, 0.1) is 0 Å². The third kappa shape index (κ3) is 4.24. The van der Waals surface area contributed by atoms with E-state index in [0.29, 0.717) is 12.0 Å². The van der Waals surface area contributed by atoms with Gasteiger partial charge in [-0.25, -0.2) is 4.79 Å². The Hall–Kier alpha value is -0.510. The summed E-state index contributed by atoms with van der Waals surface area (Å²) in [7, 11) is 0. The van der Waals surface area contributed by atoms with Crippen molar-refractivity contribution in [3.8, 4) is 5.75 Å². The van der Waals surface area contributed by atoms with Gasteiger partial charge in [-0.2, -0.15) is 0 Å². The molecule has 0 saturated heterocycles. The van der Waals surface area contributed by atoms with E-state index in [9.17, 15) is 9.90 Å².